The van der Waals surface area contributed by atoms with E-state index in [9.17, 15) is 14.4 Å². The van der Waals surface area contributed by atoms with Crippen LogP contribution in [0.5, 0.6) is 0 Å². The van der Waals surface area contributed by atoms with Crippen LogP contribution in [0.2, 0.25) is 0 Å². The standard InChI is InChI=1S/C19H24O4/c1-5-23-19(22)15-7-6-14(10-15)17(20)18(21)16-12(3)8-11(2)9-13(16)4/h8-9,14-15H,5-7,10H2,1-4H3. The summed E-state index contributed by atoms with van der Waals surface area (Å²) in [6, 6.07) is 3.84. The van der Waals surface area contributed by atoms with E-state index in [2.05, 4.69) is 0 Å². The van der Waals surface area contributed by atoms with Gasteiger partial charge in [0.15, 0.2) is 0 Å². The third kappa shape index (κ3) is 3.69. The van der Waals surface area contributed by atoms with E-state index in [1.165, 1.54) is 0 Å². The van der Waals surface area contributed by atoms with Gasteiger partial charge in [-0.1, -0.05) is 17.7 Å². The van der Waals surface area contributed by atoms with E-state index in [1.54, 1.807) is 6.92 Å². The molecule has 1 aliphatic rings. The molecule has 1 fully saturated rings. The average molecular weight is 316 g/mol. The summed E-state index contributed by atoms with van der Waals surface area (Å²) in [7, 11) is 0. The van der Waals surface area contributed by atoms with Gasteiger partial charge in [-0.05, 0) is 58.1 Å². The first-order valence-electron chi connectivity index (χ1n) is 8.18. The third-order valence-electron chi connectivity index (χ3n) is 4.55. The van der Waals surface area contributed by atoms with E-state index in [1.807, 2.05) is 32.9 Å². The zero-order chi connectivity index (χ0) is 17.1. The van der Waals surface area contributed by atoms with Crippen LogP contribution < -0.4 is 0 Å². The molecule has 124 valence electrons. The molecule has 0 heterocycles. The van der Waals surface area contributed by atoms with E-state index in [-0.39, 0.29) is 23.6 Å². The summed E-state index contributed by atoms with van der Waals surface area (Å²) in [6.45, 7) is 7.79. The van der Waals surface area contributed by atoms with Crippen molar-refractivity contribution in [1.82, 2.24) is 0 Å². The number of esters is 1. The maximum absolute atomic E-state index is 12.6. The Balaban J connectivity index is 2.13. The van der Waals surface area contributed by atoms with Crippen molar-refractivity contribution in [2.24, 2.45) is 11.8 Å². The van der Waals surface area contributed by atoms with E-state index in [0.717, 1.165) is 16.7 Å². The molecule has 2 rings (SSSR count). The summed E-state index contributed by atoms with van der Waals surface area (Å²) in [5, 5.41) is 0. The molecule has 1 aromatic carbocycles. The highest BCUT2D eigenvalue weighted by molar-refractivity contribution is 6.45. The van der Waals surface area contributed by atoms with Crippen LogP contribution in [0.1, 0.15) is 53.2 Å². The minimum absolute atomic E-state index is 0.252. The summed E-state index contributed by atoms with van der Waals surface area (Å²) in [5.41, 5.74) is 3.26. The fraction of sp³-hybridized carbons (Fsp3) is 0.526. The first-order chi connectivity index (χ1) is 10.8. The van der Waals surface area contributed by atoms with Gasteiger partial charge in [0.1, 0.15) is 0 Å². The highest BCUT2D eigenvalue weighted by Crippen LogP contribution is 2.33. The lowest BCUT2D eigenvalue weighted by Gasteiger charge is -2.13. The maximum Gasteiger partial charge on any atom is 0.308 e. The number of carbonyl (C=O) groups excluding carboxylic acids is 3. The van der Waals surface area contributed by atoms with Crippen molar-refractivity contribution in [3.8, 4) is 0 Å². The van der Waals surface area contributed by atoms with Crippen molar-refractivity contribution in [3.63, 3.8) is 0 Å². The molecule has 0 radical (unpaired) electrons. The van der Waals surface area contributed by atoms with Crippen LogP contribution >= 0.6 is 0 Å². The summed E-state index contributed by atoms with van der Waals surface area (Å²) in [5.74, 6) is -1.66. The second kappa shape index (κ2) is 7.07. The van der Waals surface area contributed by atoms with Crippen LogP contribution in [0, 0.1) is 32.6 Å². The van der Waals surface area contributed by atoms with Crippen LogP contribution in [0.15, 0.2) is 12.1 Å². The minimum atomic E-state index is -0.422. The highest BCUT2D eigenvalue weighted by atomic mass is 16.5. The zero-order valence-electron chi connectivity index (χ0n) is 14.3. The van der Waals surface area contributed by atoms with Crippen LogP contribution in [-0.4, -0.2) is 24.1 Å². The number of aryl methyl sites for hydroxylation is 3. The summed E-state index contributed by atoms with van der Waals surface area (Å²) in [6.07, 6.45) is 1.62. The molecule has 4 nitrogen and oxygen atoms in total. The van der Waals surface area contributed by atoms with E-state index < -0.39 is 5.78 Å². The lowest BCUT2D eigenvalue weighted by atomic mass is 9.89. The Bertz CT molecular complexity index is 622. The molecule has 0 aliphatic heterocycles. The predicted molar refractivity (Wildman–Crippen MR) is 87.5 cm³/mol. The van der Waals surface area contributed by atoms with Crippen LogP contribution in [0.4, 0.5) is 0 Å². The molecule has 1 saturated carbocycles. The second-order valence-corrected chi connectivity index (χ2v) is 6.43. The molecule has 0 saturated heterocycles. The first kappa shape index (κ1) is 17.4. The van der Waals surface area contributed by atoms with Crippen molar-refractivity contribution >= 4 is 17.5 Å². The first-order valence-corrected chi connectivity index (χ1v) is 8.18. The Morgan fingerprint density at radius 2 is 1.61 bits per heavy atom. The summed E-state index contributed by atoms with van der Waals surface area (Å²) in [4.78, 5) is 37.0. The molecule has 2 atom stereocenters. The van der Waals surface area contributed by atoms with E-state index >= 15 is 0 Å². The highest BCUT2D eigenvalue weighted by Gasteiger charge is 2.37. The molecule has 1 aromatic rings. The number of ether oxygens (including phenoxy) is 1. The van der Waals surface area contributed by atoms with Crippen molar-refractivity contribution in [3.05, 3.63) is 34.4 Å². The topological polar surface area (TPSA) is 60.4 Å². The molecule has 23 heavy (non-hydrogen) atoms. The fourth-order valence-electron chi connectivity index (χ4n) is 3.54. The molecule has 2 unspecified atom stereocenters. The van der Waals surface area contributed by atoms with Crippen molar-refractivity contribution in [1.29, 1.82) is 0 Å². The lowest BCUT2D eigenvalue weighted by Crippen LogP contribution is -2.25. The summed E-state index contributed by atoms with van der Waals surface area (Å²) < 4.78 is 5.02. The van der Waals surface area contributed by atoms with Crippen molar-refractivity contribution < 1.29 is 19.1 Å². The molecule has 4 heteroatoms. The number of hydrogen-bond acceptors (Lipinski definition) is 4. The van der Waals surface area contributed by atoms with Gasteiger partial charge in [-0.25, -0.2) is 0 Å². The largest absolute Gasteiger partial charge is 0.466 e. The normalized spacial score (nSPS) is 20.3. The molecule has 0 bridgehead atoms. The number of Topliss-reactive ketones (excluding diaryl/α,β-unsaturated/α-hetero) is 2. The van der Waals surface area contributed by atoms with Gasteiger partial charge in [0, 0.05) is 11.5 Å². The molecular weight excluding hydrogens is 292 g/mol. The quantitative estimate of drug-likeness (QED) is 0.475. The Labute approximate surface area is 137 Å². The van der Waals surface area contributed by atoms with Gasteiger partial charge >= 0.3 is 5.97 Å². The number of hydrogen-bond donors (Lipinski definition) is 0. The lowest BCUT2D eigenvalue weighted by molar-refractivity contribution is -0.147. The summed E-state index contributed by atoms with van der Waals surface area (Å²) >= 11 is 0. The second-order valence-electron chi connectivity index (χ2n) is 6.43. The average Bonchev–Trinajstić information content (AvgIpc) is 2.95. The smallest absolute Gasteiger partial charge is 0.308 e. The van der Waals surface area contributed by atoms with Crippen molar-refractivity contribution in [2.45, 2.75) is 47.0 Å². The van der Waals surface area contributed by atoms with Gasteiger partial charge in [0.05, 0.1) is 12.5 Å². The van der Waals surface area contributed by atoms with Gasteiger partial charge in [0.2, 0.25) is 11.6 Å². The molecule has 0 amide bonds. The van der Waals surface area contributed by atoms with Crippen LogP contribution in [-0.2, 0) is 14.3 Å². The number of rotatable bonds is 5. The van der Waals surface area contributed by atoms with Crippen molar-refractivity contribution in [2.75, 3.05) is 6.61 Å². The number of benzene rings is 1. The van der Waals surface area contributed by atoms with Crippen LogP contribution in [0.3, 0.4) is 0 Å². The molecule has 0 aromatic heterocycles. The Hall–Kier alpha value is -1.97. The van der Waals surface area contributed by atoms with Gasteiger partial charge < -0.3 is 4.74 Å². The van der Waals surface area contributed by atoms with E-state index in [0.29, 0.717) is 31.4 Å². The molecule has 0 spiro atoms. The molecule has 0 N–H and O–H groups in total. The maximum atomic E-state index is 12.6. The Kier molecular flexibility index (Phi) is 5.34. The number of carbonyl (C=O) groups is 3. The predicted octanol–water partition coefficient (Wildman–Crippen LogP) is 3.34. The number of ketones is 2. The van der Waals surface area contributed by atoms with Gasteiger partial charge in [-0.2, -0.15) is 0 Å². The van der Waals surface area contributed by atoms with E-state index in [4.69, 9.17) is 4.74 Å². The van der Waals surface area contributed by atoms with Gasteiger partial charge in [-0.3, -0.25) is 14.4 Å². The fourth-order valence-corrected chi connectivity index (χ4v) is 3.54. The minimum Gasteiger partial charge on any atom is -0.466 e. The monoisotopic (exact) mass is 316 g/mol. The van der Waals surface area contributed by atoms with Crippen LogP contribution in [0.25, 0.3) is 0 Å². The van der Waals surface area contributed by atoms with Gasteiger partial charge in [-0.15, -0.1) is 0 Å². The molecular formula is C19H24O4. The third-order valence-corrected chi connectivity index (χ3v) is 4.55. The molecule has 1 aliphatic carbocycles. The SMILES string of the molecule is CCOC(=O)C1CCC(C(=O)C(=O)c2c(C)cc(C)cc2C)C1. The Morgan fingerprint density at radius 3 is 2.17 bits per heavy atom. The van der Waals surface area contributed by atoms with Gasteiger partial charge in [0.25, 0.3) is 0 Å². The Morgan fingerprint density at radius 1 is 1.04 bits per heavy atom. The zero-order valence-corrected chi connectivity index (χ0v) is 14.3.